The highest BCUT2D eigenvalue weighted by Gasteiger charge is 2.14. The van der Waals surface area contributed by atoms with Crippen molar-refractivity contribution >= 4 is 28.0 Å². The maximum absolute atomic E-state index is 11.8. The fourth-order valence-corrected chi connectivity index (χ4v) is 2.03. The Morgan fingerprint density at radius 1 is 1.43 bits per heavy atom. The van der Waals surface area contributed by atoms with E-state index >= 15 is 0 Å². The standard InChI is InChI=1S/C16H16BrNO3/c1-12(11-20-2)21-16(19)14(10-18)9-15(17)8-13-6-4-3-5-7-13/h3-9,12H,11H2,1-2H3/b14-9+,15-8-/t12-/m1/s1. The zero-order valence-corrected chi connectivity index (χ0v) is 13.5. The minimum atomic E-state index is -0.666. The molecule has 0 aliphatic heterocycles. The third-order valence-corrected chi connectivity index (χ3v) is 2.89. The largest absolute Gasteiger partial charge is 0.456 e. The lowest BCUT2D eigenvalue weighted by Crippen LogP contribution is -2.20. The Balaban J connectivity index is 2.81. The Labute approximate surface area is 132 Å². The van der Waals surface area contributed by atoms with Crippen LogP contribution in [0.15, 0.2) is 46.5 Å². The summed E-state index contributed by atoms with van der Waals surface area (Å²) in [6, 6.07) is 11.4. The van der Waals surface area contributed by atoms with E-state index in [0.29, 0.717) is 4.48 Å². The number of carbonyl (C=O) groups excluding carboxylic acids is 1. The number of nitrogens with zero attached hydrogens (tertiary/aromatic N) is 1. The van der Waals surface area contributed by atoms with Crippen LogP contribution in [0.4, 0.5) is 0 Å². The molecule has 0 bridgehead atoms. The topological polar surface area (TPSA) is 59.3 Å². The second kappa shape index (κ2) is 9.11. The van der Waals surface area contributed by atoms with Gasteiger partial charge in [0, 0.05) is 11.6 Å². The van der Waals surface area contributed by atoms with E-state index < -0.39 is 12.1 Å². The second-order valence-electron chi connectivity index (χ2n) is 4.28. The molecule has 0 fully saturated rings. The Morgan fingerprint density at radius 2 is 2.10 bits per heavy atom. The van der Waals surface area contributed by atoms with Gasteiger partial charge in [0.2, 0.25) is 0 Å². The molecule has 0 aliphatic carbocycles. The van der Waals surface area contributed by atoms with Crippen molar-refractivity contribution in [2.24, 2.45) is 0 Å². The van der Waals surface area contributed by atoms with Gasteiger partial charge in [-0.2, -0.15) is 5.26 Å². The van der Waals surface area contributed by atoms with E-state index in [1.54, 1.807) is 6.92 Å². The van der Waals surface area contributed by atoms with Gasteiger partial charge in [-0.1, -0.05) is 46.3 Å². The molecular weight excluding hydrogens is 334 g/mol. The Morgan fingerprint density at radius 3 is 2.67 bits per heavy atom. The van der Waals surface area contributed by atoms with Gasteiger partial charge in [0.15, 0.2) is 0 Å². The monoisotopic (exact) mass is 349 g/mol. The van der Waals surface area contributed by atoms with Crippen LogP contribution < -0.4 is 0 Å². The highest BCUT2D eigenvalue weighted by Crippen LogP contribution is 2.16. The van der Waals surface area contributed by atoms with Crippen LogP contribution in [-0.2, 0) is 14.3 Å². The van der Waals surface area contributed by atoms with Crippen molar-refractivity contribution in [3.8, 4) is 6.07 Å². The average molecular weight is 350 g/mol. The first kappa shape index (κ1) is 17.2. The molecule has 4 nitrogen and oxygen atoms in total. The lowest BCUT2D eigenvalue weighted by molar-refractivity contribution is -0.145. The summed E-state index contributed by atoms with van der Waals surface area (Å²) >= 11 is 3.32. The van der Waals surface area contributed by atoms with Crippen molar-refractivity contribution in [1.82, 2.24) is 0 Å². The highest BCUT2D eigenvalue weighted by atomic mass is 79.9. The summed E-state index contributed by atoms with van der Waals surface area (Å²) in [6.07, 6.45) is 2.84. The van der Waals surface area contributed by atoms with Crippen LogP contribution in [0.1, 0.15) is 12.5 Å². The summed E-state index contributed by atoms with van der Waals surface area (Å²) < 4.78 is 10.6. The number of ether oxygens (including phenoxy) is 2. The van der Waals surface area contributed by atoms with Gasteiger partial charge in [0.1, 0.15) is 17.7 Å². The molecule has 21 heavy (non-hydrogen) atoms. The number of hydrogen-bond donors (Lipinski definition) is 0. The third-order valence-electron chi connectivity index (χ3n) is 2.44. The summed E-state index contributed by atoms with van der Waals surface area (Å²) in [5.74, 6) is -0.666. The zero-order valence-electron chi connectivity index (χ0n) is 11.9. The van der Waals surface area contributed by atoms with Crippen LogP contribution in [0.5, 0.6) is 0 Å². The van der Waals surface area contributed by atoms with E-state index in [4.69, 9.17) is 14.7 Å². The number of benzene rings is 1. The van der Waals surface area contributed by atoms with Crippen LogP contribution in [0.2, 0.25) is 0 Å². The van der Waals surface area contributed by atoms with Crippen LogP contribution in [0, 0.1) is 11.3 Å². The number of carbonyl (C=O) groups is 1. The minimum absolute atomic E-state index is 0.0722. The van der Waals surface area contributed by atoms with E-state index in [1.807, 2.05) is 42.5 Å². The van der Waals surface area contributed by atoms with Gasteiger partial charge in [-0.15, -0.1) is 0 Å². The van der Waals surface area contributed by atoms with E-state index in [0.717, 1.165) is 5.56 Å². The molecule has 0 amide bonds. The molecule has 1 aromatic rings. The Bertz CT molecular complexity index is 573. The smallest absolute Gasteiger partial charge is 0.349 e. The number of methoxy groups -OCH3 is 1. The molecule has 0 saturated carbocycles. The van der Waals surface area contributed by atoms with Gasteiger partial charge < -0.3 is 9.47 Å². The predicted molar refractivity (Wildman–Crippen MR) is 84.5 cm³/mol. The summed E-state index contributed by atoms with van der Waals surface area (Å²) in [5.41, 5.74) is 0.885. The van der Waals surface area contributed by atoms with Crippen LogP contribution in [-0.4, -0.2) is 25.8 Å². The molecule has 110 valence electrons. The Hall–Kier alpha value is -1.90. The fraction of sp³-hybridized carbons (Fsp3) is 0.250. The van der Waals surface area contributed by atoms with E-state index in [2.05, 4.69) is 15.9 Å². The molecule has 0 unspecified atom stereocenters. The molecule has 0 aliphatic rings. The van der Waals surface area contributed by atoms with Gasteiger partial charge in [0.25, 0.3) is 0 Å². The second-order valence-corrected chi connectivity index (χ2v) is 5.20. The van der Waals surface area contributed by atoms with Gasteiger partial charge in [0.05, 0.1) is 6.61 Å². The first-order valence-corrected chi connectivity index (χ1v) is 7.10. The summed E-state index contributed by atoms with van der Waals surface area (Å²) in [7, 11) is 1.52. The third kappa shape index (κ3) is 6.39. The molecule has 1 atom stereocenters. The molecule has 0 saturated heterocycles. The number of hydrogen-bond acceptors (Lipinski definition) is 4. The lowest BCUT2D eigenvalue weighted by Gasteiger charge is -2.11. The minimum Gasteiger partial charge on any atom is -0.456 e. The number of halogens is 1. The van der Waals surface area contributed by atoms with Crippen molar-refractivity contribution in [2.45, 2.75) is 13.0 Å². The van der Waals surface area contributed by atoms with E-state index in [1.165, 1.54) is 13.2 Å². The normalized spacial score (nSPS) is 13.4. The van der Waals surface area contributed by atoms with Crippen molar-refractivity contribution in [3.05, 3.63) is 52.0 Å². The summed E-state index contributed by atoms with van der Waals surface area (Å²) in [6.45, 7) is 1.98. The average Bonchev–Trinajstić information content (AvgIpc) is 2.45. The highest BCUT2D eigenvalue weighted by molar-refractivity contribution is 9.12. The maximum Gasteiger partial charge on any atom is 0.349 e. The van der Waals surface area contributed by atoms with E-state index in [-0.39, 0.29) is 12.2 Å². The van der Waals surface area contributed by atoms with Crippen molar-refractivity contribution in [3.63, 3.8) is 0 Å². The number of nitriles is 1. The fourth-order valence-electron chi connectivity index (χ4n) is 1.54. The van der Waals surface area contributed by atoms with Gasteiger partial charge in [-0.3, -0.25) is 0 Å². The molecule has 1 aromatic carbocycles. The van der Waals surface area contributed by atoms with Crippen LogP contribution >= 0.6 is 15.9 Å². The molecule has 0 heterocycles. The quantitative estimate of drug-likeness (QED) is 0.341. The molecule has 0 spiro atoms. The first-order valence-electron chi connectivity index (χ1n) is 6.30. The first-order chi connectivity index (χ1) is 10.1. The van der Waals surface area contributed by atoms with Gasteiger partial charge in [-0.05, 0) is 24.6 Å². The van der Waals surface area contributed by atoms with Gasteiger partial charge >= 0.3 is 5.97 Å². The van der Waals surface area contributed by atoms with Crippen LogP contribution in [0.3, 0.4) is 0 Å². The number of allylic oxidation sites excluding steroid dienone is 2. The number of rotatable bonds is 6. The van der Waals surface area contributed by atoms with Crippen LogP contribution in [0.25, 0.3) is 6.08 Å². The molecule has 1 rings (SSSR count). The zero-order chi connectivity index (χ0) is 15.7. The molecule has 0 aromatic heterocycles. The van der Waals surface area contributed by atoms with Crippen molar-refractivity contribution in [1.29, 1.82) is 5.26 Å². The lowest BCUT2D eigenvalue weighted by atomic mass is 10.2. The van der Waals surface area contributed by atoms with Crippen molar-refractivity contribution < 1.29 is 14.3 Å². The van der Waals surface area contributed by atoms with Gasteiger partial charge in [-0.25, -0.2) is 4.79 Å². The molecule has 5 heteroatoms. The Kier molecular flexibility index (Phi) is 7.44. The maximum atomic E-state index is 11.8. The van der Waals surface area contributed by atoms with Crippen molar-refractivity contribution in [2.75, 3.05) is 13.7 Å². The van der Waals surface area contributed by atoms with E-state index in [9.17, 15) is 4.79 Å². The SMILES string of the molecule is COC[C@@H](C)OC(=O)/C(C#N)=C/C(Br)=C/c1ccccc1. The summed E-state index contributed by atoms with van der Waals surface area (Å²) in [4.78, 5) is 11.8. The number of esters is 1. The molecular formula is C16H16BrNO3. The summed E-state index contributed by atoms with van der Waals surface area (Å²) in [5, 5.41) is 9.06. The molecule has 0 N–H and O–H groups in total. The predicted octanol–water partition coefficient (Wildman–Crippen LogP) is 3.45. The molecule has 0 radical (unpaired) electrons.